The Morgan fingerprint density at radius 1 is 0.909 bits per heavy atom. The Labute approximate surface area is 381 Å². The van der Waals surface area contributed by atoms with E-state index in [0.29, 0.717) is 40.2 Å². The molecule has 0 saturated carbocycles. The monoisotopic (exact) mass is 911 g/mol. The summed E-state index contributed by atoms with van der Waals surface area (Å²) in [6, 6.07) is 19.9. The number of rotatable bonds is 17. The van der Waals surface area contributed by atoms with E-state index in [1.165, 1.54) is 7.11 Å². The Morgan fingerprint density at radius 2 is 1.70 bits per heavy atom. The Morgan fingerprint density at radius 3 is 2.48 bits per heavy atom. The summed E-state index contributed by atoms with van der Waals surface area (Å²) < 4.78 is 33.5. The fourth-order valence-corrected chi connectivity index (χ4v) is 9.12. The van der Waals surface area contributed by atoms with Gasteiger partial charge in [0.25, 0.3) is 11.8 Å². The lowest BCUT2D eigenvalue weighted by atomic mass is 9.98. The molecule has 8 rings (SSSR count). The maximum atomic E-state index is 13.8. The maximum absolute atomic E-state index is 13.8. The highest BCUT2D eigenvalue weighted by Gasteiger charge is 2.36. The van der Waals surface area contributed by atoms with E-state index >= 15 is 0 Å². The molecule has 0 fully saturated rings. The van der Waals surface area contributed by atoms with Gasteiger partial charge < -0.3 is 38.2 Å². The molecule has 2 atom stereocenters. The summed E-state index contributed by atoms with van der Waals surface area (Å²) in [7, 11) is 1.12. The van der Waals surface area contributed by atoms with E-state index in [4.69, 9.17) is 14.0 Å². The van der Waals surface area contributed by atoms with Gasteiger partial charge in [-0.05, 0) is 78.9 Å². The highest BCUT2D eigenvalue weighted by Crippen LogP contribution is 2.46. The van der Waals surface area contributed by atoms with E-state index in [-0.39, 0.29) is 74.0 Å². The van der Waals surface area contributed by atoms with Crippen LogP contribution in [0, 0.1) is 6.92 Å². The topological polar surface area (TPSA) is 189 Å². The molecule has 0 saturated heterocycles. The van der Waals surface area contributed by atoms with Crippen LogP contribution in [0.15, 0.2) is 115 Å². The van der Waals surface area contributed by atoms with E-state index in [2.05, 4.69) is 15.3 Å². The second-order valence-electron chi connectivity index (χ2n) is 16.6. The van der Waals surface area contributed by atoms with Crippen LogP contribution in [0.3, 0.4) is 0 Å². The first-order valence-corrected chi connectivity index (χ1v) is 23.1. The molecule has 0 aliphatic carbocycles. The lowest BCUT2D eigenvalue weighted by Gasteiger charge is -2.34. The van der Waals surface area contributed by atoms with Crippen LogP contribution in [0.25, 0.3) is 22.0 Å². The molecular weight excluding hydrogens is 862 g/mol. The number of anilines is 1. The van der Waals surface area contributed by atoms with E-state index in [9.17, 15) is 28.6 Å². The van der Waals surface area contributed by atoms with Gasteiger partial charge >= 0.3 is 7.60 Å². The summed E-state index contributed by atoms with van der Waals surface area (Å²) >= 11 is 0. The van der Waals surface area contributed by atoms with Crippen LogP contribution in [0.2, 0.25) is 0 Å². The molecule has 0 bridgehead atoms. The number of amides is 2. The van der Waals surface area contributed by atoms with Crippen LogP contribution in [0.4, 0.5) is 11.5 Å². The SMILES string of the molecule is COCCOP(=O)(O)Cc1ccc2c(ccn2C(=O)c2cc(-c3ccc(CC(=O)c4nc(NC(=O)CCCOc5cc6c(cc5C)C(=O)N5C=CC=C[C@@]5(C)C=N6)cn4C)cc3)cn2C)c1. The van der Waals surface area contributed by atoms with Crippen LogP contribution < -0.4 is 10.1 Å². The second-order valence-corrected chi connectivity index (χ2v) is 18.4. The van der Waals surface area contributed by atoms with Crippen molar-refractivity contribution in [2.75, 3.05) is 32.2 Å². The van der Waals surface area contributed by atoms with Gasteiger partial charge in [0, 0.05) is 82.1 Å². The zero-order valence-electron chi connectivity index (χ0n) is 37.3. The molecule has 1 unspecified atom stereocenters. The normalized spacial score (nSPS) is 16.2. The Balaban J connectivity index is 0.830. The number of ether oxygens (including phenoxy) is 2. The molecule has 2 amide bonds. The number of carbonyl (C=O) groups excluding carboxylic acids is 4. The summed E-state index contributed by atoms with van der Waals surface area (Å²) in [6.45, 7) is 4.27. The smallest absolute Gasteiger partial charge is 0.332 e. The molecule has 3 aromatic heterocycles. The number of imidazole rings is 1. The molecule has 2 N–H and O–H groups in total. The van der Waals surface area contributed by atoms with Crippen LogP contribution in [0.1, 0.15) is 67.9 Å². The van der Waals surface area contributed by atoms with Crippen LogP contribution in [-0.2, 0) is 45.3 Å². The minimum absolute atomic E-state index is 0.00928. The summed E-state index contributed by atoms with van der Waals surface area (Å²) in [5.74, 6) is 0.170. The molecular formula is C49H50N7O9P. The van der Waals surface area contributed by atoms with E-state index in [0.717, 1.165) is 27.6 Å². The fraction of sp³-hybridized carbons (Fsp3) is 0.265. The molecule has 17 heteroatoms. The van der Waals surface area contributed by atoms with Gasteiger partial charge in [0.15, 0.2) is 11.6 Å². The number of nitrogens with one attached hydrogen (secondary N) is 1. The van der Waals surface area contributed by atoms with Gasteiger partial charge in [0.1, 0.15) is 11.4 Å². The van der Waals surface area contributed by atoms with E-state index < -0.39 is 13.1 Å². The number of Topliss-reactive ketones (excluding diaryl/α,β-unsaturated/α-hetero) is 1. The van der Waals surface area contributed by atoms with Crippen molar-refractivity contribution in [3.05, 3.63) is 144 Å². The number of nitrogens with zero attached hydrogens (tertiary/aromatic N) is 6. The summed E-state index contributed by atoms with van der Waals surface area (Å²) in [5, 5.41) is 3.53. The van der Waals surface area contributed by atoms with Crippen molar-refractivity contribution in [3.8, 4) is 16.9 Å². The minimum Gasteiger partial charge on any atom is -0.493 e. The number of carbonyl (C=O) groups is 4. The Bertz CT molecular complexity index is 3010. The van der Waals surface area contributed by atoms with Gasteiger partial charge in [0.05, 0.1) is 48.3 Å². The van der Waals surface area contributed by atoms with Gasteiger partial charge in [0.2, 0.25) is 11.7 Å². The fourth-order valence-electron chi connectivity index (χ4n) is 8.01. The van der Waals surface area contributed by atoms with Crippen LogP contribution >= 0.6 is 7.60 Å². The third kappa shape index (κ3) is 9.82. The Hall–Kier alpha value is -6.97. The lowest BCUT2D eigenvalue weighted by Crippen LogP contribution is -2.46. The molecule has 3 aromatic carbocycles. The predicted octanol–water partition coefficient (Wildman–Crippen LogP) is 7.95. The molecule has 6 aromatic rings. The average molecular weight is 912 g/mol. The number of hydrogen-bond acceptors (Lipinski definition) is 10. The van der Waals surface area contributed by atoms with Gasteiger partial charge in [-0.2, -0.15) is 0 Å². The van der Waals surface area contributed by atoms with Gasteiger partial charge in [-0.15, -0.1) is 0 Å². The highest BCUT2D eigenvalue weighted by molar-refractivity contribution is 7.51. The first-order chi connectivity index (χ1) is 31.6. The minimum atomic E-state index is -3.87. The largest absolute Gasteiger partial charge is 0.493 e. The number of methoxy groups -OCH3 is 1. The van der Waals surface area contributed by atoms with Gasteiger partial charge in [-0.3, -0.25) is 33.3 Å². The number of hydrogen-bond donors (Lipinski definition) is 2. The third-order valence-electron chi connectivity index (χ3n) is 11.5. The quantitative estimate of drug-likeness (QED) is 0.0516. The zero-order chi connectivity index (χ0) is 46.8. The van der Waals surface area contributed by atoms with Crippen molar-refractivity contribution in [1.82, 2.24) is 23.6 Å². The molecule has 16 nitrogen and oxygen atoms in total. The number of benzene rings is 3. The maximum Gasteiger partial charge on any atom is 0.332 e. The average Bonchev–Trinajstić information content (AvgIpc) is 3.98. The Kier molecular flexibility index (Phi) is 13.0. The number of fused-ring (bicyclic) bond motifs is 3. The van der Waals surface area contributed by atoms with Crippen molar-refractivity contribution < 1.29 is 42.6 Å². The van der Waals surface area contributed by atoms with Crippen LogP contribution in [-0.4, -0.2) is 90.7 Å². The van der Waals surface area contributed by atoms with Gasteiger partial charge in [-0.1, -0.05) is 42.5 Å². The molecule has 0 radical (unpaired) electrons. The molecule has 66 heavy (non-hydrogen) atoms. The molecule has 0 spiro atoms. The summed E-state index contributed by atoms with van der Waals surface area (Å²) in [5.41, 5.74) is 5.29. The van der Waals surface area contributed by atoms with E-state index in [1.807, 2.05) is 68.6 Å². The number of aromatic nitrogens is 4. The first kappa shape index (κ1) is 45.6. The van der Waals surface area contributed by atoms with Crippen LogP contribution in [0.5, 0.6) is 5.75 Å². The number of allylic oxidation sites excluding steroid dienone is 2. The van der Waals surface area contributed by atoms with Gasteiger partial charge in [-0.25, -0.2) is 4.98 Å². The van der Waals surface area contributed by atoms with Crippen molar-refractivity contribution in [3.63, 3.8) is 0 Å². The summed E-state index contributed by atoms with van der Waals surface area (Å²) in [4.78, 5) is 74.4. The summed E-state index contributed by atoms with van der Waals surface area (Å²) in [6.07, 6.45) is 14.8. The second kappa shape index (κ2) is 18.9. The molecule has 340 valence electrons. The van der Waals surface area contributed by atoms with E-state index in [1.54, 1.807) is 93.9 Å². The molecule has 2 aliphatic rings. The van der Waals surface area contributed by atoms with Crippen molar-refractivity contribution in [2.24, 2.45) is 19.1 Å². The number of aliphatic imine (C=N–C) groups is 1. The first-order valence-electron chi connectivity index (χ1n) is 21.4. The molecule has 5 heterocycles. The van der Waals surface area contributed by atoms with Crippen molar-refractivity contribution in [1.29, 1.82) is 0 Å². The predicted molar refractivity (Wildman–Crippen MR) is 251 cm³/mol. The third-order valence-corrected chi connectivity index (χ3v) is 12.9. The van der Waals surface area contributed by atoms with Crippen molar-refractivity contribution in [2.45, 2.75) is 44.8 Å². The number of ketones is 1. The lowest BCUT2D eigenvalue weighted by molar-refractivity contribution is -0.116. The zero-order valence-corrected chi connectivity index (χ0v) is 38.2. The highest BCUT2D eigenvalue weighted by atomic mass is 31.2. The number of aryl methyl sites for hydroxylation is 3. The molecule has 2 aliphatic heterocycles. The standard InChI is InChI=1S/C49H50N7O9P/c1-32-23-38-39(50-31-49(2)17-6-7-18-56(49)47(38)59)27-43(32)64-20-8-9-45(58)51-44-29-54(4)46(52-44)42(57)25-33-10-13-35(14-11-33)37-26-41(53(3)28-37)48(60)55-19-16-36-24-34(12-15-40(36)55)30-66(61,62)65-22-21-63-5/h6-7,10-19,23-24,26-29,31H,8-9,20-22,25,30H2,1-5H3,(H,51,58)(H,61,62)/t49-/m0/s1. The van der Waals surface area contributed by atoms with Crippen molar-refractivity contribution >= 4 is 59.7 Å².